The number of amides is 1. The number of carbonyl (C=O) groups is 2. The van der Waals surface area contributed by atoms with E-state index in [2.05, 4.69) is 15.4 Å². The van der Waals surface area contributed by atoms with Gasteiger partial charge in [-0.05, 0) is 45.0 Å². The van der Waals surface area contributed by atoms with E-state index in [1.807, 2.05) is 24.3 Å². The molecule has 3 heterocycles. The summed E-state index contributed by atoms with van der Waals surface area (Å²) in [6.07, 6.45) is 4.84. The third-order valence-corrected chi connectivity index (χ3v) is 4.69. The Balaban J connectivity index is 1.60. The molecule has 0 atom stereocenters. The summed E-state index contributed by atoms with van der Waals surface area (Å²) >= 11 is 1.37. The first kappa shape index (κ1) is 18.8. The zero-order valence-electron chi connectivity index (χ0n) is 15.3. The quantitative estimate of drug-likeness (QED) is 0.676. The molecule has 8 heteroatoms. The van der Waals surface area contributed by atoms with Gasteiger partial charge in [0, 0.05) is 6.20 Å². The van der Waals surface area contributed by atoms with Gasteiger partial charge < -0.3 is 10.1 Å². The Bertz CT molecular complexity index is 941. The number of ether oxygens (including phenoxy) is 1. The van der Waals surface area contributed by atoms with Gasteiger partial charge in [-0.15, -0.1) is 11.3 Å². The molecule has 0 aliphatic rings. The number of hydrogen-bond acceptors (Lipinski definition) is 6. The van der Waals surface area contributed by atoms with Gasteiger partial charge in [0.15, 0.2) is 6.73 Å². The van der Waals surface area contributed by atoms with E-state index >= 15 is 0 Å². The molecule has 3 rings (SSSR count). The Labute approximate surface area is 161 Å². The first-order chi connectivity index (χ1) is 12.8. The number of carbonyl (C=O) groups excluding carboxylic acids is 2. The molecule has 0 bridgehead atoms. The van der Waals surface area contributed by atoms with E-state index in [4.69, 9.17) is 4.74 Å². The second-order valence-electron chi connectivity index (χ2n) is 6.91. The number of esters is 1. The SMILES string of the molecule is CC(C)(C)C(=O)OCn1cc(NC(=O)c2ccc(-c3ccccn3)s2)cn1. The molecule has 140 valence electrons. The second kappa shape index (κ2) is 7.71. The summed E-state index contributed by atoms with van der Waals surface area (Å²) in [5.74, 6) is -0.544. The summed E-state index contributed by atoms with van der Waals surface area (Å²) in [7, 11) is 0. The first-order valence-electron chi connectivity index (χ1n) is 8.35. The fourth-order valence-corrected chi connectivity index (χ4v) is 3.02. The van der Waals surface area contributed by atoms with Crippen molar-refractivity contribution in [1.29, 1.82) is 0 Å². The molecule has 0 fully saturated rings. The molecule has 0 aromatic carbocycles. The first-order valence-corrected chi connectivity index (χ1v) is 9.17. The van der Waals surface area contributed by atoms with Crippen molar-refractivity contribution in [2.24, 2.45) is 5.41 Å². The lowest BCUT2D eigenvalue weighted by Crippen LogP contribution is -2.24. The Morgan fingerprint density at radius 1 is 1.22 bits per heavy atom. The van der Waals surface area contributed by atoms with Crippen LogP contribution >= 0.6 is 11.3 Å². The van der Waals surface area contributed by atoms with Crippen molar-refractivity contribution >= 4 is 28.9 Å². The van der Waals surface area contributed by atoms with Gasteiger partial charge in [0.2, 0.25) is 0 Å². The van der Waals surface area contributed by atoms with Crippen molar-refractivity contribution in [2.75, 3.05) is 5.32 Å². The monoisotopic (exact) mass is 384 g/mol. The molecule has 0 aliphatic heterocycles. The van der Waals surface area contributed by atoms with Crippen LogP contribution in [0.4, 0.5) is 5.69 Å². The molecular formula is C19H20N4O3S. The van der Waals surface area contributed by atoms with Crippen LogP contribution in [0.25, 0.3) is 10.6 Å². The van der Waals surface area contributed by atoms with Gasteiger partial charge in [-0.2, -0.15) is 5.10 Å². The van der Waals surface area contributed by atoms with E-state index in [-0.39, 0.29) is 18.6 Å². The molecule has 7 nitrogen and oxygen atoms in total. The molecule has 0 radical (unpaired) electrons. The minimum atomic E-state index is -0.575. The number of rotatable bonds is 5. The van der Waals surface area contributed by atoms with Gasteiger partial charge in [0.25, 0.3) is 5.91 Å². The van der Waals surface area contributed by atoms with Crippen molar-refractivity contribution in [3.05, 3.63) is 53.8 Å². The average Bonchev–Trinajstić information content (AvgIpc) is 3.29. The van der Waals surface area contributed by atoms with E-state index in [9.17, 15) is 9.59 Å². The fourth-order valence-electron chi connectivity index (χ4n) is 2.14. The predicted octanol–water partition coefficient (Wildman–Crippen LogP) is 3.81. The number of thiophene rings is 1. The third kappa shape index (κ3) is 4.79. The number of nitrogens with one attached hydrogen (secondary N) is 1. The summed E-state index contributed by atoms with van der Waals surface area (Å²) < 4.78 is 6.64. The maximum Gasteiger partial charge on any atom is 0.313 e. The van der Waals surface area contributed by atoms with Crippen molar-refractivity contribution < 1.29 is 14.3 Å². The molecule has 0 aliphatic carbocycles. The normalized spacial score (nSPS) is 11.2. The van der Waals surface area contributed by atoms with Crippen LogP contribution in [-0.2, 0) is 16.3 Å². The Kier molecular flexibility index (Phi) is 5.36. The maximum absolute atomic E-state index is 12.4. The number of pyridine rings is 1. The summed E-state index contributed by atoms with van der Waals surface area (Å²) in [6, 6.07) is 9.29. The van der Waals surface area contributed by atoms with Crippen LogP contribution in [0.15, 0.2) is 48.9 Å². The van der Waals surface area contributed by atoms with Crippen molar-refractivity contribution in [2.45, 2.75) is 27.5 Å². The van der Waals surface area contributed by atoms with E-state index in [1.54, 1.807) is 39.2 Å². The molecule has 1 amide bonds. The largest absolute Gasteiger partial charge is 0.442 e. The Morgan fingerprint density at radius 2 is 2.04 bits per heavy atom. The van der Waals surface area contributed by atoms with E-state index in [0.717, 1.165) is 10.6 Å². The highest BCUT2D eigenvalue weighted by atomic mass is 32.1. The average molecular weight is 384 g/mol. The molecule has 0 spiro atoms. The second-order valence-corrected chi connectivity index (χ2v) is 8.00. The van der Waals surface area contributed by atoms with Gasteiger partial charge >= 0.3 is 5.97 Å². The molecule has 1 N–H and O–H groups in total. The van der Waals surface area contributed by atoms with Crippen LogP contribution < -0.4 is 5.32 Å². The minimum absolute atomic E-state index is 0.00516. The van der Waals surface area contributed by atoms with E-state index in [1.165, 1.54) is 22.2 Å². The van der Waals surface area contributed by atoms with Crippen LogP contribution in [0.5, 0.6) is 0 Å². The molecule has 0 saturated carbocycles. The number of anilines is 1. The topological polar surface area (TPSA) is 86.1 Å². The van der Waals surface area contributed by atoms with Gasteiger partial charge in [-0.1, -0.05) is 6.07 Å². The summed E-state index contributed by atoms with van der Waals surface area (Å²) in [4.78, 5) is 30.0. The highest BCUT2D eigenvalue weighted by Crippen LogP contribution is 2.26. The standard InChI is InChI=1S/C19H20N4O3S/c1-19(2,3)18(25)26-12-23-11-13(10-21-23)22-17(24)16-8-7-15(27-16)14-6-4-5-9-20-14/h4-11H,12H2,1-3H3,(H,22,24). The molecule has 3 aromatic rings. The number of aromatic nitrogens is 3. The summed E-state index contributed by atoms with van der Waals surface area (Å²) in [5, 5.41) is 6.88. The zero-order valence-corrected chi connectivity index (χ0v) is 16.1. The zero-order chi connectivity index (χ0) is 19.4. The Hall–Kier alpha value is -3.00. The van der Waals surface area contributed by atoms with E-state index in [0.29, 0.717) is 10.6 Å². The van der Waals surface area contributed by atoms with Crippen LogP contribution in [0.3, 0.4) is 0 Å². The molecule has 3 aromatic heterocycles. The number of hydrogen-bond donors (Lipinski definition) is 1. The van der Waals surface area contributed by atoms with Crippen LogP contribution in [0.2, 0.25) is 0 Å². The van der Waals surface area contributed by atoms with Crippen LogP contribution in [0, 0.1) is 5.41 Å². The lowest BCUT2D eigenvalue weighted by molar-refractivity contribution is -0.157. The molecule has 0 unspecified atom stereocenters. The lowest BCUT2D eigenvalue weighted by atomic mass is 9.98. The van der Waals surface area contributed by atoms with Crippen LogP contribution in [0.1, 0.15) is 30.4 Å². The summed E-state index contributed by atoms with van der Waals surface area (Å²) in [6.45, 7) is 5.34. The van der Waals surface area contributed by atoms with Gasteiger partial charge in [0.1, 0.15) is 0 Å². The molecular weight excluding hydrogens is 364 g/mol. The number of nitrogens with zero attached hydrogens (tertiary/aromatic N) is 3. The summed E-state index contributed by atoms with van der Waals surface area (Å²) in [5.41, 5.74) is 0.781. The highest BCUT2D eigenvalue weighted by molar-refractivity contribution is 7.17. The van der Waals surface area contributed by atoms with Crippen molar-refractivity contribution in [3.63, 3.8) is 0 Å². The molecule has 0 saturated heterocycles. The van der Waals surface area contributed by atoms with Crippen molar-refractivity contribution in [3.8, 4) is 10.6 Å². The third-order valence-electron chi connectivity index (χ3n) is 3.58. The highest BCUT2D eigenvalue weighted by Gasteiger charge is 2.23. The smallest absolute Gasteiger partial charge is 0.313 e. The van der Waals surface area contributed by atoms with Crippen LogP contribution in [-0.4, -0.2) is 26.6 Å². The van der Waals surface area contributed by atoms with Gasteiger partial charge in [-0.25, -0.2) is 4.68 Å². The minimum Gasteiger partial charge on any atom is -0.442 e. The van der Waals surface area contributed by atoms with Crippen molar-refractivity contribution in [1.82, 2.24) is 14.8 Å². The lowest BCUT2D eigenvalue weighted by Gasteiger charge is -2.16. The fraction of sp³-hybridized carbons (Fsp3) is 0.263. The Morgan fingerprint density at radius 3 is 2.74 bits per heavy atom. The predicted molar refractivity (Wildman–Crippen MR) is 103 cm³/mol. The van der Waals surface area contributed by atoms with Gasteiger partial charge in [0.05, 0.1) is 38.9 Å². The van der Waals surface area contributed by atoms with E-state index < -0.39 is 5.41 Å². The van der Waals surface area contributed by atoms with Gasteiger partial charge in [-0.3, -0.25) is 14.6 Å². The maximum atomic E-state index is 12.4. The molecule has 27 heavy (non-hydrogen) atoms.